The van der Waals surface area contributed by atoms with E-state index >= 15 is 0 Å². The number of carbonyl (C=O) groups excluding carboxylic acids is 1. The van der Waals surface area contributed by atoms with Crippen LogP contribution in [0.4, 0.5) is 4.39 Å². The van der Waals surface area contributed by atoms with Gasteiger partial charge in [0.05, 0.1) is 13.2 Å². The number of hydrogen-bond donors (Lipinski definition) is 1. The Bertz CT molecular complexity index is 889. The van der Waals surface area contributed by atoms with E-state index in [1.54, 1.807) is 30.3 Å². The van der Waals surface area contributed by atoms with Crippen LogP contribution in [0.25, 0.3) is 6.08 Å². The molecule has 0 aliphatic heterocycles. The van der Waals surface area contributed by atoms with Crippen LogP contribution in [-0.4, -0.2) is 32.8 Å². The van der Waals surface area contributed by atoms with Crippen molar-refractivity contribution in [3.63, 3.8) is 0 Å². The van der Waals surface area contributed by atoms with Crippen LogP contribution in [0, 0.1) is 17.1 Å². The van der Waals surface area contributed by atoms with Gasteiger partial charge >= 0.3 is 0 Å². The van der Waals surface area contributed by atoms with Crippen LogP contribution < -0.4 is 14.8 Å². The monoisotopic (exact) mass is 398 g/mol. The van der Waals surface area contributed by atoms with Crippen LogP contribution in [0.1, 0.15) is 18.1 Å². The zero-order valence-electron chi connectivity index (χ0n) is 16.4. The molecule has 0 radical (unpaired) electrons. The second-order valence-corrected chi connectivity index (χ2v) is 5.97. The van der Waals surface area contributed by atoms with Crippen molar-refractivity contribution in [2.45, 2.75) is 13.5 Å². The molecule has 7 heteroatoms. The fourth-order valence-corrected chi connectivity index (χ4v) is 2.42. The van der Waals surface area contributed by atoms with Gasteiger partial charge in [-0.05, 0) is 48.4 Å². The van der Waals surface area contributed by atoms with Crippen LogP contribution in [-0.2, 0) is 16.1 Å². The fourth-order valence-electron chi connectivity index (χ4n) is 2.42. The van der Waals surface area contributed by atoms with Crippen LogP contribution in [0.3, 0.4) is 0 Å². The average Bonchev–Trinajstić information content (AvgIpc) is 2.73. The standard InChI is InChI=1S/C22H23FN2O4/c1-3-28-21-13-17(12-18(14-24)22(26)25-10-11-27-2)6-9-20(21)29-15-16-4-7-19(23)8-5-16/h4-9,12-13H,3,10-11,15H2,1-2H3,(H,25,26)/b18-12+. The summed E-state index contributed by atoms with van der Waals surface area (Å²) >= 11 is 0. The zero-order chi connectivity index (χ0) is 21.1. The molecule has 0 aromatic heterocycles. The molecule has 0 unspecified atom stereocenters. The molecule has 29 heavy (non-hydrogen) atoms. The van der Waals surface area contributed by atoms with Crippen molar-refractivity contribution in [3.8, 4) is 17.6 Å². The van der Waals surface area contributed by atoms with Gasteiger partial charge in [0.1, 0.15) is 24.1 Å². The third kappa shape index (κ3) is 6.94. The average molecular weight is 398 g/mol. The van der Waals surface area contributed by atoms with E-state index in [-0.39, 0.29) is 18.0 Å². The lowest BCUT2D eigenvalue weighted by Gasteiger charge is -2.13. The Kier molecular flexibility index (Phi) is 8.67. The maximum absolute atomic E-state index is 13.0. The molecule has 0 fully saturated rings. The number of ether oxygens (including phenoxy) is 3. The molecule has 152 valence electrons. The SMILES string of the molecule is CCOc1cc(/C=C(\C#N)C(=O)NCCOC)ccc1OCc1ccc(F)cc1. The molecule has 0 spiro atoms. The maximum Gasteiger partial charge on any atom is 0.262 e. The Hall–Kier alpha value is -3.37. The highest BCUT2D eigenvalue weighted by atomic mass is 19.1. The molecular formula is C22H23FN2O4. The Labute approximate surface area is 169 Å². The summed E-state index contributed by atoms with van der Waals surface area (Å²) in [5.41, 5.74) is 1.42. The van der Waals surface area contributed by atoms with Crippen molar-refractivity contribution in [3.05, 3.63) is 65.0 Å². The molecular weight excluding hydrogens is 375 g/mol. The highest BCUT2D eigenvalue weighted by Crippen LogP contribution is 2.30. The molecule has 0 saturated heterocycles. The van der Waals surface area contributed by atoms with Gasteiger partial charge in [-0.1, -0.05) is 18.2 Å². The molecule has 0 aliphatic rings. The fraction of sp³-hybridized carbons (Fsp3) is 0.273. The maximum atomic E-state index is 13.0. The molecule has 2 rings (SSSR count). The highest BCUT2D eigenvalue weighted by Gasteiger charge is 2.11. The van der Waals surface area contributed by atoms with E-state index in [9.17, 15) is 14.4 Å². The van der Waals surface area contributed by atoms with E-state index in [0.717, 1.165) is 5.56 Å². The summed E-state index contributed by atoms with van der Waals surface area (Å²) < 4.78 is 29.3. The van der Waals surface area contributed by atoms with E-state index in [1.165, 1.54) is 25.3 Å². The van der Waals surface area contributed by atoms with Gasteiger partial charge in [-0.3, -0.25) is 4.79 Å². The highest BCUT2D eigenvalue weighted by molar-refractivity contribution is 6.01. The number of rotatable bonds is 10. The molecule has 0 atom stereocenters. The van der Waals surface area contributed by atoms with Gasteiger partial charge in [0.2, 0.25) is 0 Å². The van der Waals surface area contributed by atoms with E-state index in [1.807, 2.05) is 13.0 Å². The Morgan fingerprint density at radius 2 is 1.93 bits per heavy atom. The third-order valence-corrected chi connectivity index (χ3v) is 3.84. The van der Waals surface area contributed by atoms with E-state index in [4.69, 9.17) is 14.2 Å². The van der Waals surface area contributed by atoms with Crippen LogP contribution >= 0.6 is 0 Å². The molecule has 0 saturated carbocycles. The first-order chi connectivity index (χ1) is 14.1. The molecule has 0 bridgehead atoms. The van der Waals surface area contributed by atoms with Crippen LogP contribution in [0.2, 0.25) is 0 Å². The Morgan fingerprint density at radius 1 is 1.17 bits per heavy atom. The molecule has 1 amide bonds. The van der Waals surface area contributed by atoms with E-state index in [0.29, 0.717) is 36.8 Å². The lowest BCUT2D eigenvalue weighted by atomic mass is 10.1. The molecule has 6 nitrogen and oxygen atoms in total. The first-order valence-electron chi connectivity index (χ1n) is 9.10. The minimum atomic E-state index is -0.473. The summed E-state index contributed by atoms with van der Waals surface area (Å²) in [6.45, 7) is 3.19. The Morgan fingerprint density at radius 3 is 2.59 bits per heavy atom. The van der Waals surface area contributed by atoms with Crippen molar-refractivity contribution in [2.75, 3.05) is 26.9 Å². The van der Waals surface area contributed by atoms with Crippen molar-refractivity contribution in [2.24, 2.45) is 0 Å². The molecule has 1 N–H and O–H groups in total. The summed E-state index contributed by atoms with van der Waals surface area (Å²) in [6.07, 6.45) is 1.48. The Balaban J connectivity index is 2.15. The first kappa shape index (κ1) is 21.9. The summed E-state index contributed by atoms with van der Waals surface area (Å²) in [4.78, 5) is 12.1. The van der Waals surface area contributed by atoms with Crippen molar-refractivity contribution < 1.29 is 23.4 Å². The van der Waals surface area contributed by atoms with Gasteiger partial charge in [0.15, 0.2) is 11.5 Å². The number of hydrogen-bond acceptors (Lipinski definition) is 5. The minimum absolute atomic E-state index is 0.0245. The summed E-state index contributed by atoms with van der Waals surface area (Å²) in [7, 11) is 1.53. The number of nitriles is 1. The van der Waals surface area contributed by atoms with Gasteiger partial charge in [-0.2, -0.15) is 5.26 Å². The normalized spacial score (nSPS) is 10.9. The van der Waals surface area contributed by atoms with Gasteiger partial charge in [-0.25, -0.2) is 4.39 Å². The number of halogens is 1. The summed E-state index contributed by atoms with van der Waals surface area (Å²) in [5, 5.41) is 11.9. The lowest BCUT2D eigenvalue weighted by molar-refractivity contribution is -0.117. The molecule has 2 aromatic carbocycles. The van der Waals surface area contributed by atoms with E-state index in [2.05, 4.69) is 5.32 Å². The number of amides is 1. The second-order valence-electron chi connectivity index (χ2n) is 5.97. The quantitative estimate of drug-likeness (QED) is 0.377. The number of methoxy groups -OCH3 is 1. The predicted octanol–water partition coefficient (Wildman–Crippen LogP) is 3.47. The topological polar surface area (TPSA) is 80.6 Å². The molecule has 0 aliphatic carbocycles. The van der Waals surface area contributed by atoms with Gasteiger partial charge < -0.3 is 19.5 Å². The minimum Gasteiger partial charge on any atom is -0.490 e. The molecule has 0 heterocycles. The summed E-state index contributed by atoms with van der Waals surface area (Å²) in [5.74, 6) is 0.218. The first-order valence-corrected chi connectivity index (χ1v) is 9.10. The van der Waals surface area contributed by atoms with Gasteiger partial charge in [-0.15, -0.1) is 0 Å². The van der Waals surface area contributed by atoms with Crippen molar-refractivity contribution in [1.29, 1.82) is 5.26 Å². The largest absolute Gasteiger partial charge is 0.490 e. The smallest absolute Gasteiger partial charge is 0.262 e. The summed E-state index contributed by atoms with van der Waals surface area (Å²) in [6, 6.07) is 13.1. The van der Waals surface area contributed by atoms with Crippen LogP contribution in [0.5, 0.6) is 11.5 Å². The number of carbonyl (C=O) groups is 1. The van der Waals surface area contributed by atoms with Crippen LogP contribution in [0.15, 0.2) is 48.0 Å². The predicted molar refractivity (Wildman–Crippen MR) is 107 cm³/mol. The van der Waals surface area contributed by atoms with E-state index < -0.39 is 5.91 Å². The number of benzene rings is 2. The van der Waals surface area contributed by atoms with Crippen molar-refractivity contribution in [1.82, 2.24) is 5.32 Å². The lowest BCUT2D eigenvalue weighted by Crippen LogP contribution is -2.27. The second kappa shape index (κ2) is 11.5. The number of nitrogens with zero attached hydrogens (tertiary/aromatic N) is 1. The number of nitrogens with one attached hydrogen (secondary N) is 1. The zero-order valence-corrected chi connectivity index (χ0v) is 16.4. The molecule has 2 aromatic rings. The third-order valence-electron chi connectivity index (χ3n) is 3.84. The van der Waals surface area contributed by atoms with Gasteiger partial charge in [0, 0.05) is 13.7 Å². The van der Waals surface area contributed by atoms with Gasteiger partial charge in [0.25, 0.3) is 5.91 Å². The van der Waals surface area contributed by atoms with Crippen molar-refractivity contribution >= 4 is 12.0 Å².